The van der Waals surface area contributed by atoms with Crippen LogP contribution >= 0.6 is 0 Å². The SMILES string of the molecule is Cc1cc([N+](=O)[O-])c(C)cc1OCC(NC(C)C)C(=O)O. The molecule has 0 aliphatic heterocycles. The number of carboxylic acids is 1. The van der Waals surface area contributed by atoms with Crippen LogP contribution in [0.5, 0.6) is 5.75 Å². The summed E-state index contributed by atoms with van der Waals surface area (Å²) in [7, 11) is 0. The van der Waals surface area contributed by atoms with Crippen molar-refractivity contribution in [3.05, 3.63) is 33.4 Å². The maximum absolute atomic E-state index is 11.1. The number of hydrogen-bond donors (Lipinski definition) is 2. The van der Waals surface area contributed by atoms with Gasteiger partial charge in [0.1, 0.15) is 18.4 Å². The molecule has 0 aliphatic carbocycles. The number of carboxylic acid groups (broad SMARTS) is 1. The molecule has 21 heavy (non-hydrogen) atoms. The van der Waals surface area contributed by atoms with Gasteiger partial charge >= 0.3 is 5.97 Å². The molecule has 0 fully saturated rings. The Morgan fingerprint density at radius 3 is 2.48 bits per heavy atom. The summed E-state index contributed by atoms with van der Waals surface area (Å²) in [6.07, 6.45) is 0. The zero-order valence-electron chi connectivity index (χ0n) is 12.5. The number of rotatable bonds is 7. The zero-order chi connectivity index (χ0) is 16.2. The highest BCUT2D eigenvalue weighted by Gasteiger charge is 2.20. The van der Waals surface area contributed by atoms with E-state index in [9.17, 15) is 14.9 Å². The van der Waals surface area contributed by atoms with E-state index in [1.54, 1.807) is 19.9 Å². The zero-order valence-corrected chi connectivity index (χ0v) is 12.5. The second-order valence-electron chi connectivity index (χ2n) is 5.18. The maximum Gasteiger partial charge on any atom is 0.324 e. The van der Waals surface area contributed by atoms with E-state index in [-0.39, 0.29) is 18.3 Å². The third-order valence-corrected chi connectivity index (χ3v) is 2.93. The van der Waals surface area contributed by atoms with Crippen LogP contribution in [0.2, 0.25) is 0 Å². The minimum absolute atomic E-state index is 0.00870. The molecule has 0 aromatic heterocycles. The van der Waals surface area contributed by atoms with E-state index >= 15 is 0 Å². The molecule has 2 N–H and O–H groups in total. The van der Waals surface area contributed by atoms with Crippen molar-refractivity contribution >= 4 is 11.7 Å². The van der Waals surface area contributed by atoms with Crippen LogP contribution in [-0.2, 0) is 4.79 Å². The molecule has 1 unspecified atom stereocenters. The summed E-state index contributed by atoms with van der Waals surface area (Å²) in [6, 6.07) is 2.16. The monoisotopic (exact) mass is 296 g/mol. The Balaban J connectivity index is 2.86. The lowest BCUT2D eigenvalue weighted by molar-refractivity contribution is -0.385. The Labute approximate surface area is 123 Å². The number of ether oxygens (including phenoxy) is 1. The smallest absolute Gasteiger partial charge is 0.324 e. The Morgan fingerprint density at radius 2 is 2.00 bits per heavy atom. The largest absolute Gasteiger partial charge is 0.491 e. The van der Waals surface area contributed by atoms with Crippen LogP contribution in [0.25, 0.3) is 0 Å². The minimum Gasteiger partial charge on any atom is -0.491 e. The maximum atomic E-state index is 11.1. The number of nitrogens with one attached hydrogen (secondary N) is 1. The summed E-state index contributed by atoms with van der Waals surface area (Å²) in [4.78, 5) is 21.5. The first-order valence-electron chi connectivity index (χ1n) is 6.59. The molecule has 1 rings (SSSR count). The van der Waals surface area contributed by atoms with Gasteiger partial charge in [-0.15, -0.1) is 0 Å². The molecule has 1 aromatic rings. The van der Waals surface area contributed by atoms with Gasteiger partial charge in [0.15, 0.2) is 0 Å². The number of aryl methyl sites for hydroxylation is 2. The van der Waals surface area contributed by atoms with Crippen LogP contribution in [0.1, 0.15) is 25.0 Å². The summed E-state index contributed by atoms with van der Waals surface area (Å²) in [5.74, 6) is -0.546. The first-order valence-corrected chi connectivity index (χ1v) is 6.59. The number of nitro groups is 1. The van der Waals surface area contributed by atoms with Crippen LogP contribution in [0, 0.1) is 24.0 Å². The summed E-state index contributed by atoms with van der Waals surface area (Å²) in [5.41, 5.74) is 1.10. The van der Waals surface area contributed by atoms with Crippen LogP contribution in [0.4, 0.5) is 5.69 Å². The van der Waals surface area contributed by atoms with Gasteiger partial charge in [0.05, 0.1) is 4.92 Å². The standard InChI is InChI=1S/C14H20N2O5/c1-8(2)15-11(14(17)18)7-21-13-6-9(3)12(16(19)20)5-10(13)4/h5-6,8,11,15H,7H2,1-4H3,(H,17,18). The van der Waals surface area contributed by atoms with Crippen molar-refractivity contribution in [1.29, 1.82) is 0 Å². The third kappa shape index (κ3) is 4.71. The van der Waals surface area contributed by atoms with Gasteiger partial charge in [0, 0.05) is 17.7 Å². The molecule has 7 nitrogen and oxygen atoms in total. The van der Waals surface area contributed by atoms with Crippen molar-refractivity contribution < 1.29 is 19.6 Å². The number of nitro benzene ring substituents is 1. The molecule has 0 saturated carbocycles. The molecule has 0 heterocycles. The van der Waals surface area contributed by atoms with Crippen LogP contribution in [0.3, 0.4) is 0 Å². The number of nitrogens with zero attached hydrogens (tertiary/aromatic N) is 1. The first kappa shape index (κ1) is 16.9. The van der Waals surface area contributed by atoms with E-state index in [1.807, 2.05) is 13.8 Å². The Morgan fingerprint density at radius 1 is 1.38 bits per heavy atom. The number of benzene rings is 1. The van der Waals surface area contributed by atoms with Gasteiger partial charge in [0.25, 0.3) is 5.69 Å². The van der Waals surface area contributed by atoms with Gasteiger partial charge < -0.3 is 9.84 Å². The molecule has 1 atom stereocenters. The molecule has 0 spiro atoms. The van der Waals surface area contributed by atoms with Crippen LogP contribution in [-0.4, -0.2) is 34.7 Å². The number of aliphatic carboxylic acids is 1. The van der Waals surface area contributed by atoms with E-state index < -0.39 is 16.9 Å². The Hall–Kier alpha value is -2.15. The lowest BCUT2D eigenvalue weighted by atomic mass is 10.1. The average molecular weight is 296 g/mol. The first-order chi connectivity index (χ1) is 9.72. The highest BCUT2D eigenvalue weighted by Crippen LogP contribution is 2.27. The molecule has 1 aromatic carbocycles. The highest BCUT2D eigenvalue weighted by atomic mass is 16.6. The second-order valence-corrected chi connectivity index (χ2v) is 5.18. The summed E-state index contributed by atoms with van der Waals surface area (Å²) in [5, 5.41) is 22.8. The lowest BCUT2D eigenvalue weighted by Gasteiger charge is -2.18. The van der Waals surface area contributed by atoms with Crippen molar-refractivity contribution in [3.63, 3.8) is 0 Å². The van der Waals surface area contributed by atoms with Crippen LogP contribution in [0.15, 0.2) is 12.1 Å². The molecule has 0 aliphatic rings. The van der Waals surface area contributed by atoms with E-state index in [2.05, 4.69) is 5.32 Å². The fourth-order valence-corrected chi connectivity index (χ4v) is 1.89. The van der Waals surface area contributed by atoms with E-state index in [1.165, 1.54) is 6.07 Å². The Bertz CT molecular complexity index is 542. The highest BCUT2D eigenvalue weighted by molar-refractivity contribution is 5.73. The average Bonchev–Trinajstić information content (AvgIpc) is 2.36. The fraction of sp³-hybridized carbons (Fsp3) is 0.500. The topological polar surface area (TPSA) is 102 Å². The Kier molecular flexibility index (Phi) is 5.66. The molecular weight excluding hydrogens is 276 g/mol. The van der Waals surface area contributed by atoms with Gasteiger partial charge in [-0.05, 0) is 25.5 Å². The van der Waals surface area contributed by atoms with Crippen molar-refractivity contribution in [2.45, 2.75) is 39.8 Å². The van der Waals surface area contributed by atoms with E-state index in [0.29, 0.717) is 16.9 Å². The fourth-order valence-electron chi connectivity index (χ4n) is 1.89. The molecular formula is C14H20N2O5. The van der Waals surface area contributed by atoms with Gasteiger partial charge in [-0.1, -0.05) is 13.8 Å². The molecule has 0 amide bonds. The van der Waals surface area contributed by atoms with E-state index in [4.69, 9.17) is 9.84 Å². The van der Waals surface area contributed by atoms with Crippen LogP contribution < -0.4 is 10.1 Å². The van der Waals surface area contributed by atoms with Crippen molar-refractivity contribution in [1.82, 2.24) is 5.32 Å². The summed E-state index contributed by atoms with van der Waals surface area (Å²) in [6.45, 7) is 6.94. The van der Waals surface area contributed by atoms with Crippen molar-refractivity contribution in [2.24, 2.45) is 0 Å². The lowest BCUT2D eigenvalue weighted by Crippen LogP contribution is -2.44. The number of hydrogen-bond acceptors (Lipinski definition) is 5. The molecule has 0 bridgehead atoms. The van der Waals surface area contributed by atoms with Crippen molar-refractivity contribution in [2.75, 3.05) is 6.61 Å². The quantitative estimate of drug-likeness (QED) is 0.589. The summed E-state index contributed by atoms with van der Waals surface area (Å²) >= 11 is 0. The molecule has 0 saturated heterocycles. The summed E-state index contributed by atoms with van der Waals surface area (Å²) < 4.78 is 5.51. The third-order valence-electron chi connectivity index (χ3n) is 2.93. The predicted octanol–water partition coefficient (Wildman–Crippen LogP) is 2.04. The second kappa shape index (κ2) is 7.03. The van der Waals surface area contributed by atoms with Gasteiger partial charge in [-0.25, -0.2) is 0 Å². The molecule has 7 heteroatoms. The normalized spacial score (nSPS) is 12.2. The van der Waals surface area contributed by atoms with Gasteiger partial charge in [0.2, 0.25) is 0 Å². The van der Waals surface area contributed by atoms with E-state index in [0.717, 1.165) is 0 Å². The predicted molar refractivity (Wildman–Crippen MR) is 77.8 cm³/mol. The molecule has 0 radical (unpaired) electrons. The molecule has 116 valence electrons. The minimum atomic E-state index is -1.00. The van der Waals surface area contributed by atoms with Gasteiger partial charge in [-0.2, -0.15) is 0 Å². The van der Waals surface area contributed by atoms with Crippen molar-refractivity contribution in [3.8, 4) is 5.75 Å². The number of carbonyl (C=O) groups is 1. The van der Waals surface area contributed by atoms with Gasteiger partial charge in [-0.3, -0.25) is 20.2 Å².